The van der Waals surface area contributed by atoms with E-state index in [1.807, 2.05) is 13.0 Å². The van der Waals surface area contributed by atoms with E-state index in [0.717, 1.165) is 31.2 Å². The third-order valence-corrected chi connectivity index (χ3v) is 4.15. The Labute approximate surface area is 129 Å². The number of hydrogen-bond donors (Lipinski definition) is 2. The van der Waals surface area contributed by atoms with Gasteiger partial charge in [0.2, 0.25) is 0 Å². The third kappa shape index (κ3) is 3.67. The molecule has 0 bridgehead atoms. The summed E-state index contributed by atoms with van der Waals surface area (Å²) >= 11 is 6.00. The van der Waals surface area contributed by atoms with Crippen molar-refractivity contribution in [2.45, 2.75) is 38.6 Å². The Bertz CT molecular complexity index is 554. The van der Waals surface area contributed by atoms with Crippen molar-refractivity contribution in [1.82, 2.24) is 4.90 Å². The third-order valence-electron chi connectivity index (χ3n) is 3.92. The maximum Gasteiger partial charge on any atom is 0.254 e. The first-order chi connectivity index (χ1) is 10.0. The van der Waals surface area contributed by atoms with Gasteiger partial charge in [-0.05, 0) is 37.5 Å². The smallest absolute Gasteiger partial charge is 0.254 e. The first kappa shape index (κ1) is 15.6. The Hall–Kier alpha value is -1.75. The minimum atomic E-state index is -0.117. The second-order valence-electron chi connectivity index (χ2n) is 5.42. The fraction of sp³-hybridized carbons (Fsp3) is 0.467. The lowest BCUT2D eigenvalue weighted by molar-refractivity contribution is 0.0711. The minimum Gasteiger partial charge on any atom is -0.409 e. The van der Waals surface area contributed by atoms with Crippen molar-refractivity contribution in [3.05, 3.63) is 34.3 Å². The fourth-order valence-electron chi connectivity index (χ4n) is 2.77. The largest absolute Gasteiger partial charge is 0.409 e. The average molecular weight is 310 g/mol. The maximum absolute atomic E-state index is 12.8. The fourth-order valence-corrected chi connectivity index (χ4v) is 2.94. The molecule has 21 heavy (non-hydrogen) atoms. The average Bonchev–Trinajstić information content (AvgIpc) is 3.00. The van der Waals surface area contributed by atoms with Crippen molar-refractivity contribution in [3.8, 4) is 0 Å². The van der Waals surface area contributed by atoms with Gasteiger partial charge in [-0.3, -0.25) is 4.79 Å². The second kappa shape index (κ2) is 6.80. The highest BCUT2D eigenvalue weighted by Gasteiger charge is 2.29. The van der Waals surface area contributed by atoms with E-state index in [1.165, 1.54) is 0 Å². The molecule has 0 spiro atoms. The Morgan fingerprint density at radius 2 is 2.14 bits per heavy atom. The van der Waals surface area contributed by atoms with E-state index in [4.69, 9.17) is 22.5 Å². The van der Waals surface area contributed by atoms with Gasteiger partial charge in [-0.1, -0.05) is 35.7 Å². The lowest BCUT2D eigenvalue weighted by atomic mass is 10.1. The van der Waals surface area contributed by atoms with Gasteiger partial charge in [0.05, 0.1) is 6.54 Å². The molecule has 1 aliphatic carbocycles. The summed E-state index contributed by atoms with van der Waals surface area (Å²) in [5.74, 6) is -0.0802. The summed E-state index contributed by atoms with van der Waals surface area (Å²) in [5, 5.41) is 12.3. The monoisotopic (exact) mass is 309 g/mol. The SMILES string of the molecule is Cc1ccc(Cl)cc1C(=O)N(C/C(N)=N/O)C1CCCC1. The van der Waals surface area contributed by atoms with Gasteiger partial charge in [0.25, 0.3) is 5.91 Å². The van der Waals surface area contributed by atoms with Crippen LogP contribution in [-0.2, 0) is 0 Å². The van der Waals surface area contributed by atoms with Crippen molar-refractivity contribution < 1.29 is 10.0 Å². The molecule has 0 aliphatic heterocycles. The van der Waals surface area contributed by atoms with Crippen molar-refractivity contribution in [3.63, 3.8) is 0 Å². The first-order valence-electron chi connectivity index (χ1n) is 7.06. The van der Waals surface area contributed by atoms with Crippen LogP contribution < -0.4 is 5.73 Å². The topological polar surface area (TPSA) is 78.9 Å². The van der Waals surface area contributed by atoms with Crippen LogP contribution in [0.15, 0.2) is 23.4 Å². The van der Waals surface area contributed by atoms with Crippen molar-refractivity contribution in [2.24, 2.45) is 10.9 Å². The van der Waals surface area contributed by atoms with Crippen LogP contribution in [0.4, 0.5) is 0 Å². The van der Waals surface area contributed by atoms with Crippen LogP contribution in [0.25, 0.3) is 0 Å². The zero-order valence-electron chi connectivity index (χ0n) is 12.1. The van der Waals surface area contributed by atoms with E-state index in [9.17, 15) is 4.79 Å². The summed E-state index contributed by atoms with van der Waals surface area (Å²) in [6.07, 6.45) is 4.09. The van der Waals surface area contributed by atoms with E-state index >= 15 is 0 Å². The highest BCUT2D eigenvalue weighted by Crippen LogP contribution is 2.26. The summed E-state index contributed by atoms with van der Waals surface area (Å²) in [5.41, 5.74) is 7.04. The molecule has 0 atom stereocenters. The van der Waals surface area contributed by atoms with E-state index in [1.54, 1.807) is 17.0 Å². The molecule has 5 nitrogen and oxygen atoms in total. The van der Waals surface area contributed by atoms with Gasteiger partial charge in [-0.15, -0.1) is 0 Å². The number of nitrogens with two attached hydrogens (primary N) is 1. The summed E-state index contributed by atoms with van der Waals surface area (Å²) in [7, 11) is 0. The molecule has 1 saturated carbocycles. The van der Waals surface area contributed by atoms with Crippen LogP contribution >= 0.6 is 11.6 Å². The standard InChI is InChI=1S/C15H20ClN3O2/c1-10-6-7-11(16)8-13(10)15(20)19(9-14(17)18-21)12-4-2-3-5-12/h6-8,12,21H,2-5,9H2,1H3,(H2,17,18). The molecular formula is C15H20ClN3O2. The van der Waals surface area contributed by atoms with Gasteiger partial charge in [-0.2, -0.15) is 0 Å². The number of benzene rings is 1. The first-order valence-corrected chi connectivity index (χ1v) is 7.44. The molecule has 1 aromatic carbocycles. The van der Waals surface area contributed by atoms with Crippen molar-refractivity contribution >= 4 is 23.3 Å². The highest BCUT2D eigenvalue weighted by atomic mass is 35.5. The molecule has 1 amide bonds. The van der Waals surface area contributed by atoms with E-state index in [-0.39, 0.29) is 24.3 Å². The molecule has 0 aromatic heterocycles. The predicted octanol–water partition coefficient (Wildman–Crippen LogP) is 2.78. The molecule has 1 fully saturated rings. The number of amides is 1. The van der Waals surface area contributed by atoms with Crippen LogP contribution in [0.2, 0.25) is 5.02 Å². The molecule has 6 heteroatoms. The number of aryl methyl sites for hydroxylation is 1. The van der Waals surface area contributed by atoms with Crippen molar-refractivity contribution in [1.29, 1.82) is 0 Å². The highest BCUT2D eigenvalue weighted by molar-refractivity contribution is 6.31. The van der Waals surface area contributed by atoms with Gasteiger partial charge in [-0.25, -0.2) is 0 Å². The molecule has 114 valence electrons. The number of hydrogen-bond acceptors (Lipinski definition) is 3. The number of oxime groups is 1. The molecule has 0 saturated heterocycles. The number of amidine groups is 1. The molecule has 0 heterocycles. The second-order valence-corrected chi connectivity index (χ2v) is 5.86. The number of rotatable bonds is 4. The zero-order chi connectivity index (χ0) is 15.4. The normalized spacial score (nSPS) is 16.2. The molecule has 0 radical (unpaired) electrons. The number of nitrogens with zero attached hydrogens (tertiary/aromatic N) is 2. The van der Waals surface area contributed by atoms with Crippen LogP contribution in [0, 0.1) is 6.92 Å². The van der Waals surface area contributed by atoms with Crippen molar-refractivity contribution in [2.75, 3.05) is 6.54 Å². The summed E-state index contributed by atoms with van der Waals surface area (Å²) in [6, 6.07) is 5.40. The lowest BCUT2D eigenvalue weighted by Crippen LogP contribution is -2.44. The van der Waals surface area contributed by atoms with E-state index in [2.05, 4.69) is 5.16 Å². The van der Waals surface area contributed by atoms with Crippen LogP contribution in [0.3, 0.4) is 0 Å². The van der Waals surface area contributed by atoms with Gasteiger partial charge in [0, 0.05) is 16.6 Å². The van der Waals surface area contributed by atoms with Crippen LogP contribution in [-0.4, -0.2) is 34.4 Å². The molecule has 3 N–H and O–H groups in total. The summed E-state index contributed by atoms with van der Waals surface area (Å²) < 4.78 is 0. The Morgan fingerprint density at radius 1 is 1.48 bits per heavy atom. The predicted molar refractivity (Wildman–Crippen MR) is 82.9 cm³/mol. The number of halogens is 1. The summed E-state index contributed by atoms with van der Waals surface area (Å²) in [4.78, 5) is 14.5. The van der Waals surface area contributed by atoms with E-state index in [0.29, 0.717) is 10.6 Å². The molecule has 1 aliphatic rings. The number of carbonyl (C=O) groups is 1. The van der Waals surface area contributed by atoms with Crippen LogP contribution in [0.1, 0.15) is 41.6 Å². The number of carbonyl (C=O) groups excluding carboxylic acids is 1. The minimum absolute atomic E-state index is 0.0370. The molecule has 2 rings (SSSR count). The molecular weight excluding hydrogens is 290 g/mol. The maximum atomic E-state index is 12.8. The Morgan fingerprint density at radius 3 is 2.76 bits per heavy atom. The molecule has 0 unspecified atom stereocenters. The quantitative estimate of drug-likeness (QED) is 0.388. The molecule has 1 aromatic rings. The van der Waals surface area contributed by atoms with Gasteiger partial charge >= 0.3 is 0 Å². The Balaban J connectivity index is 2.30. The van der Waals surface area contributed by atoms with Crippen LogP contribution in [0.5, 0.6) is 0 Å². The Kier molecular flexibility index (Phi) is 5.07. The van der Waals surface area contributed by atoms with Gasteiger partial charge in [0.1, 0.15) is 0 Å². The van der Waals surface area contributed by atoms with E-state index < -0.39 is 0 Å². The lowest BCUT2D eigenvalue weighted by Gasteiger charge is -2.29. The van der Waals surface area contributed by atoms with Gasteiger partial charge in [0.15, 0.2) is 5.84 Å². The summed E-state index contributed by atoms with van der Waals surface area (Å²) in [6.45, 7) is 2.01. The van der Waals surface area contributed by atoms with Gasteiger partial charge < -0.3 is 15.8 Å². The zero-order valence-corrected chi connectivity index (χ0v) is 12.8.